The first kappa shape index (κ1) is 34.2. The fourth-order valence-electron chi connectivity index (χ4n) is 7.58. The van der Waals surface area contributed by atoms with Gasteiger partial charge in [-0.2, -0.15) is 0 Å². The normalized spacial score (nSPS) is 11.9. The highest BCUT2D eigenvalue weighted by atomic mass is 15.1. The van der Waals surface area contributed by atoms with E-state index in [9.17, 15) is 0 Å². The van der Waals surface area contributed by atoms with E-state index in [2.05, 4.69) is 180 Å². The van der Waals surface area contributed by atoms with Crippen molar-refractivity contribution in [1.29, 1.82) is 0 Å². The molecule has 0 atom stereocenters. The Morgan fingerprint density at radius 2 is 1.00 bits per heavy atom. The number of nitrogens with zero attached hydrogens (tertiary/aromatic N) is 4. The van der Waals surface area contributed by atoms with Crippen LogP contribution in [0.4, 0.5) is 0 Å². The van der Waals surface area contributed by atoms with Crippen LogP contribution in [0.15, 0.2) is 122 Å². The molecular weight excluding hydrogens is 621 g/mol. The molecule has 0 saturated carbocycles. The molecule has 0 aliphatic heterocycles. The van der Waals surface area contributed by atoms with Gasteiger partial charge in [-0.15, -0.1) is 0 Å². The van der Waals surface area contributed by atoms with Crippen LogP contribution < -0.4 is 0 Å². The fourth-order valence-corrected chi connectivity index (χ4v) is 7.58. The highest BCUT2D eigenvalue weighted by Crippen LogP contribution is 2.38. The summed E-state index contributed by atoms with van der Waals surface area (Å²) in [6, 6.07) is 39.9. The molecule has 0 spiro atoms. The van der Waals surface area contributed by atoms with Crippen LogP contribution in [-0.4, -0.2) is 19.1 Å². The van der Waals surface area contributed by atoms with Gasteiger partial charge < -0.3 is 0 Å². The van der Waals surface area contributed by atoms with Crippen LogP contribution >= 0.6 is 0 Å². The molecule has 4 nitrogen and oxygen atoms in total. The van der Waals surface area contributed by atoms with Crippen LogP contribution in [0.1, 0.15) is 112 Å². The predicted octanol–water partition coefficient (Wildman–Crippen LogP) is 12.6. The van der Waals surface area contributed by atoms with Crippen LogP contribution in [0.3, 0.4) is 0 Å². The van der Waals surface area contributed by atoms with Gasteiger partial charge in [0.2, 0.25) is 0 Å². The molecule has 0 unspecified atom stereocenters. The Kier molecular flexibility index (Phi) is 9.52. The summed E-state index contributed by atoms with van der Waals surface area (Å²) in [7, 11) is 0. The predicted molar refractivity (Wildman–Crippen MR) is 215 cm³/mol. The molecule has 0 N–H and O–H groups in total. The van der Waals surface area contributed by atoms with E-state index in [4.69, 9.17) is 9.97 Å². The Morgan fingerprint density at radius 3 is 1.55 bits per heavy atom. The lowest BCUT2D eigenvalue weighted by Gasteiger charge is -2.22. The smallest absolute Gasteiger partial charge is 0.145 e. The summed E-state index contributed by atoms with van der Waals surface area (Å²) in [5.74, 6) is 3.50. The first-order valence-corrected chi connectivity index (χ1v) is 18.6. The lowest BCUT2D eigenvalue weighted by atomic mass is 9.92. The third-order valence-corrected chi connectivity index (χ3v) is 10.1. The van der Waals surface area contributed by atoms with E-state index >= 15 is 0 Å². The van der Waals surface area contributed by atoms with Gasteiger partial charge in [-0.3, -0.25) is 9.13 Å². The Morgan fingerprint density at radius 1 is 0.510 bits per heavy atom. The van der Waals surface area contributed by atoms with Crippen LogP contribution in [0.25, 0.3) is 45.2 Å². The molecule has 4 heteroatoms. The second-order valence-electron chi connectivity index (χ2n) is 15.1. The van der Waals surface area contributed by atoms with Crippen molar-refractivity contribution >= 4 is 11.0 Å². The van der Waals surface area contributed by atoms with Gasteiger partial charge in [0, 0.05) is 23.5 Å². The molecule has 0 fully saturated rings. The van der Waals surface area contributed by atoms with Gasteiger partial charge in [0.1, 0.15) is 11.6 Å². The number of fused-ring (bicyclic) bond motifs is 1. The molecule has 2 heterocycles. The quantitative estimate of drug-likeness (QED) is 0.145. The van der Waals surface area contributed by atoms with Crippen molar-refractivity contribution in [3.63, 3.8) is 0 Å². The molecular formula is C47H50N4. The highest BCUT2D eigenvalue weighted by molar-refractivity contribution is 5.84. The maximum absolute atomic E-state index is 5.29. The summed E-state index contributed by atoms with van der Waals surface area (Å²) >= 11 is 0. The van der Waals surface area contributed by atoms with E-state index in [0.29, 0.717) is 23.7 Å². The topological polar surface area (TPSA) is 35.6 Å². The van der Waals surface area contributed by atoms with Crippen molar-refractivity contribution in [2.24, 2.45) is 0 Å². The number of rotatable bonds is 10. The molecule has 0 saturated heterocycles. The molecule has 0 bridgehead atoms. The zero-order valence-electron chi connectivity index (χ0n) is 31.4. The fraction of sp³-hybridized carbons (Fsp3) is 0.277. The van der Waals surface area contributed by atoms with E-state index in [0.717, 1.165) is 40.2 Å². The number of aromatic nitrogens is 4. The summed E-state index contributed by atoms with van der Waals surface area (Å²) in [6.07, 6.45) is 4.86. The minimum atomic E-state index is 0.373. The summed E-state index contributed by atoms with van der Waals surface area (Å²) in [4.78, 5) is 10.2. The Labute approximate surface area is 303 Å². The minimum Gasteiger partial charge on any atom is -0.299 e. The van der Waals surface area contributed by atoms with Crippen molar-refractivity contribution in [3.05, 3.63) is 155 Å². The zero-order valence-corrected chi connectivity index (χ0v) is 31.4. The molecule has 51 heavy (non-hydrogen) atoms. The van der Waals surface area contributed by atoms with Gasteiger partial charge in [0.25, 0.3) is 0 Å². The van der Waals surface area contributed by atoms with Crippen molar-refractivity contribution in [2.75, 3.05) is 0 Å². The number of hydrogen-bond donors (Lipinski definition) is 0. The first-order valence-electron chi connectivity index (χ1n) is 18.6. The van der Waals surface area contributed by atoms with Crippen LogP contribution in [0, 0.1) is 0 Å². The molecule has 5 aromatic carbocycles. The zero-order chi connectivity index (χ0) is 35.8. The molecule has 0 aliphatic carbocycles. The maximum Gasteiger partial charge on any atom is 0.145 e. The van der Waals surface area contributed by atoms with Crippen molar-refractivity contribution in [3.8, 4) is 34.2 Å². The van der Waals surface area contributed by atoms with Gasteiger partial charge in [-0.1, -0.05) is 140 Å². The average Bonchev–Trinajstić information content (AvgIpc) is 3.77. The van der Waals surface area contributed by atoms with E-state index in [-0.39, 0.29) is 0 Å². The molecule has 0 amide bonds. The van der Waals surface area contributed by atoms with E-state index in [1.54, 1.807) is 0 Å². The SMILES string of the molecule is CC(C)c1cccc(C(C)C)c1-n1ccnc1-c1cccc(Cc2cccc(-c3nc4ccccc4n3-c3c(C(C)C)cccc3C(C)C)c2)c1. The molecule has 0 aliphatic rings. The maximum atomic E-state index is 5.29. The number of hydrogen-bond acceptors (Lipinski definition) is 2. The Balaban J connectivity index is 1.29. The van der Waals surface area contributed by atoms with Gasteiger partial charge in [0.05, 0.1) is 22.4 Å². The first-order chi connectivity index (χ1) is 24.6. The second kappa shape index (κ2) is 14.2. The summed E-state index contributed by atoms with van der Waals surface area (Å²) in [6.45, 7) is 18.2. The van der Waals surface area contributed by atoms with E-state index in [1.807, 2.05) is 6.20 Å². The lowest BCUT2D eigenvalue weighted by Crippen LogP contribution is -2.08. The van der Waals surface area contributed by atoms with Gasteiger partial charge >= 0.3 is 0 Å². The van der Waals surface area contributed by atoms with Crippen molar-refractivity contribution < 1.29 is 0 Å². The number of imidazole rings is 2. The van der Waals surface area contributed by atoms with Crippen molar-refractivity contribution in [1.82, 2.24) is 19.1 Å². The Hall–Kier alpha value is -5.22. The lowest BCUT2D eigenvalue weighted by molar-refractivity contribution is 0.806. The highest BCUT2D eigenvalue weighted by Gasteiger charge is 2.23. The number of para-hydroxylation sites is 4. The van der Waals surface area contributed by atoms with Crippen LogP contribution in [0.5, 0.6) is 0 Å². The van der Waals surface area contributed by atoms with Crippen LogP contribution in [0.2, 0.25) is 0 Å². The molecule has 0 radical (unpaired) electrons. The standard InChI is InChI=1S/C47H50N4/c1-30(2)38-19-13-20-39(31(3)4)44(38)50-26-25-48-46(50)36-17-11-15-34(28-36)27-35-16-12-18-37(29-35)47-49-42-23-9-10-24-43(42)51(47)45-40(32(5)6)21-14-22-41(45)33(7)8/h9-26,28-33H,27H2,1-8H3. The minimum absolute atomic E-state index is 0.373. The summed E-state index contributed by atoms with van der Waals surface area (Å²) in [5.41, 5.74) is 14.8. The van der Waals surface area contributed by atoms with Gasteiger partial charge in [0.15, 0.2) is 0 Å². The second-order valence-corrected chi connectivity index (χ2v) is 15.1. The Bertz CT molecular complexity index is 2260. The molecule has 7 rings (SSSR count). The molecule has 258 valence electrons. The van der Waals surface area contributed by atoms with Gasteiger partial charge in [-0.05, 0) is 87.7 Å². The van der Waals surface area contributed by atoms with E-state index < -0.39 is 0 Å². The number of benzene rings is 5. The summed E-state index contributed by atoms with van der Waals surface area (Å²) in [5, 5.41) is 0. The van der Waals surface area contributed by atoms with Gasteiger partial charge in [-0.25, -0.2) is 9.97 Å². The van der Waals surface area contributed by atoms with Crippen LogP contribution in [-0.2, 0) is 6.42 Å². The van der Waals surface area contributed by atoms with E-state index in [1.165, 1.54) is 44.8 Å². The molecule has 7 aromatic rings. The third kappa shape index (κ3) is 6.56. The average molecular weight is 671 g/mol. The largest absolute Gasteiger partial charge is 0.299 e. The monoisotopic (exact) mass is 670 g/mol. The third-order valence-electron chi connectivity index (χ3n) is 10.1. The van der Waals surface area contributed by atoms with Crippen molar-refractivity contribution in [2.45, 2.75) is 85.5 Å². The molecule has 2 aromatic heterocycles. The summed E-state index contributed by atoms with van der Waals surface area (Å²) < 4.78 is 4.72.